The number of hydrogen-bond donors (Lipinski definition) is 4. The Morgan fingerprint density at radius 2 is 1.95 bits per heavy atom. The summed E-state index contributed by atoms with van der Waals surface area (Å²) < 4.78 is 12.9. The lowest BCUT2D eigenvalue weighted by Gasteiger charge is -2.26. The van der Waals surface area contributed by atoms with E-state index in [4.69, 9.17) is 37.1 Å². The lowest BCUT2D eigenvalue weighted by molar-refractivity contribution is -0.191. The van der Waals surface area contributed by atoms with Gasteiger partial charge >= 0.3 is 12.1 Å². The highest BCUT2D eigenvalue weighted by atomic mass is 35.5. The van der Waals surface area contributed by atoms with Crippen LogP contribution >= 0.6 is 11.6 Å². The number of hydrogen-bond acceptors (Lipinski definition) is 11. The molecule has 0 aliphatic carbocycles. The van der Waals surface area contributed by atoms with E-state index in [0.29, 0.717) is 17.6 Å². The highest BCUT2D eigenvalue weighted by molar-refractivity contribution is 6.28. The number of carboxylic acid groups (broad SMARTS) is 1. The second-order valence-electron chi connectivity index (χ2n) is 9.12. The van der Waals surface area contributed by atoms with E-state index in [1.54, 1.807) is 24.3 Å². The molecule has 0 amide bonds. The van der Waals surface area contributed by atoms with Gasteiger partial charge in [-0.05, 0) is 29.5 Å². The van der Waals surface area contributed by atoms with Gasteiger partial charge < -0.3 is 29.9 Å². The van der Waals surface area contributed by atoms with Gasteiger partial charge in [-0.15, -0.1) is 6.42 Å². The van der Waals surface area contributed by atoms with Crippen molar-refractivity contribution in [1.29, 1.82) is 0 Å². The smallest absolute Gasteiger partial charge is 0.373 e. The Labute approximate surface area is 233 Å². The number of terminal acetylenes is 1. The number of nitrogens with zero attached hydrogens (tertiary/aromatic N) is 4. The number of halogens is 1. The Hall–Kier alpha value is -3.73. The second kappa shape index (κ2) is 13.6. The Morgan fingerprint density at radius 3 is 2.55 bits per heavy atom. The quantitative estimate of drug-likeness (QED) is 0.192. The maximum absolute atomic E-state index is 11.8. The molecule has 1 aliphatic heterocycles. The molecule has 0 radical (unpaired) electrons. The van der Waals surface area contributed by atoms with Crippen molar-refractivity contribution < 1.29 is 44.3 Å². The van der Waals surface area contributed by atoms with Crippen LogP contribution in [0.4, 0.5) is 0 Å². The number of aliphatic carboxylic acids is 1. The second-order valence-corrected chi connectivity index (χ2v) is 9.46. The van der Waals surface area contributed by atoms with Crippen molar-refractivity contribution >= 4 is 34.9 Å². The van der Waals surface area contributed by atoms with Crippen LogP contribution in [0.3, 0.4) is 0 Å². The monoisotopic (exact) mass is 574 g/mol. The topological polar surface area (TPSA) is 194 Å². The molecule has 2 unspecified atom stereocenters. The summed E-state index contributed by atoms with van der Waals surface area (Å²) in [4.78, 5) is 40.8. The normalized spacial score (nSPS) is 23.4. The third-order valence-corrected chi connectivity index (χ3v) is 6.50. The summed E-state index contributed by atoms with van der Waals surface area (Å²) in [6.45, 7) is 1.37. The summed E-state index contributed by atoms with van der Waals surface area (Å²) in [5.74, 6) is 0.865. The molecule has 3 heterocycles. The first-order valence-electron chi connectivity index (χ1n) is 12.0. The van der Waals surface area contributed by atoms with E-state index in [-0.39, 0.29) is 36.0 Å². The van der Waals surface area contributed by atoms with Crippen molar-refractivity contribution in [2.75, 3.05) is 13.2 Å². The molecule has 6 atom stereocenters. The zero-order valence-corrected chi connectivity index (χ0v) is 22.0. The number of carbonyl (C=O) groups is 1. The molecule has 1 saturated heterocycles. The van der Waals surface area contributed by atoms with Crippen LogP contribution in [-0.4, -0.2) is 89.2 Å². The molecule has 0 saturated carbocycles. The first-order valence-corrected chi connectivity index (χ1v) is 12.4. The number of aliphatic hydroxyl groups is 3. The molecule has 4 rings (SSSR count). The number of ether oxygens (including phenoxy) is 2. The van der Waals surface area contributed by atoms with E-state index >= 15 is 0 Å². The minimum Gasteiger partial charge on any atom is -0.479 e. The van der Waals surface area contributed by atoms with Crippen molar-refractivity contribution in [2.24, 2.45) is 5.92 Å². The van der Waals surface area contributed by atoms with Gasteiger partial charge in [0.15, 0.2) is 23.6 Å². The lowest BCUT2D eigenvalue weighted by atomic mass is 9.93. The van der Waals surface area contributed by atoms with E-state index < -0.39 is 42.7 Å². The van der Waals surface area contributed by atoms with Crippen LogP contribution < -0.4 is 0 Å². The lowest BCUT2D eigenvalue weighted by Crippen LogP contribution is -2.48. The largest absolute Gasteiger partial charge is 0.479 e. The fourth-order valence-corrected chi connectivity index (χ4v) is 4.42. The highest BCUT2D eigenvalue weighted by Gasteiger charge is 2.56. The Kier molecular flexibility index (Phi) is 10.4. The van der Waals surface area contributed by atoms with Gasteiger partial charge in [0.1, 0.15) is 17.7 Å². The first kappa shape index (κ1) is 30.8. The van der Waals surface area contributed by atoms with Gasteiger partial charge in [0.25, 0.3) is 0 Å². The van der Waals surface area contributed by atoms with Crippen molar-refractivity contribution in [2.45, 2.75) is 49.9 Å². The minimum atomic E-state index is -2.19. The van der Waals surface area contributed by atoms with Gasteiger partial charge in [0, 0.05) is 13.0 Å². The van der Waals surface area contributed by atoms with Crippen LogP contribution in [0.25, 0.3) is 11.2 Å². The molecule has 2 aromatic heterocycles. The SMILES string of the molecule is C#C[C@@]1(O)[C@@H](COC(Cc2ccccc2)C(=O)O)O[C@@H](n2cnc3c(CC(C)CO)nc(Cl)nc32)[C@@H]1O.O=C=O. The van der Waals surface area contributed by atoms with E-state index in [2.05, 4.69) is 20.9 Å². The summed E-state index contributed by atoms with van der Waals surface area (Å²) in [6, 6.07) is 8.93. The molecule has 1 fully saturated rings. The summed E-state index contributed by atoms with van der Waals surface area (Å²) in [7, 11) is 0. The number of carboxylic acids is 1. The fraction of sp³-hybridized carbons (Fsp3) is 0.423. The van der Waals surface area contributed by atoms with Crippen LogP contribution in [0.5, 0.6) is 0 Å². The Bertz CT molecular complexity index is 1390. The number of imidazole rings is 1. The molecule has 40 heavy (non-hydrogen) atoms. The molecule has 4 N–H and O–H groups in total. The van der Waals surface area contributed by atoms with Gasteiger partial charge in [-0.1, -0.05) is 43.2 Å². The molecule has 0 spiro atoms. The van der Waals surface area contributed by atoms with Gasteiger partial charge in [-0.2, -0.15) is 14.6 Å². The number of fused-ring (bicyclic) bond motifs is 1. The number of carbonyl (C=O) groups excluding carboxylic acids is 2. The van der Waals surface area contributed by atoms with E-state index in [9.17, 15) is 25.2 Å². The maximum atomic E-state index is 11.8. The molecule has 1 aromatic carbocycles. The fourth-order valence-electron chi connectivity index (χ4n) is 4.23. The number of aromatic nitrogens is 4. The predicted molar refractivity (Wildman–Crippen MR) is 137 cm³/mol. The summed E-state index contributed by atoms with van der Waals surface area (Å²) in [5.41, 5.74) is -0.321. The average molecular weight is 575 g/mol. The van der Waals surface area contributed by atoms with E-state index in [1.807, 2.05) is 13.0 Å². The third-order valence-electron chi connectivity index (χ3n) is 6.33. The van der Waals surface area contributed by atoms with Gasteiger partial charge in [-0.25, -0.2) is 14.8 Å². The van der Waals surface area contributed by atoms with Gasteiger partial charge in [0.2, 0.25) is 5.28 Å². The zero-order chi connectivity index (χ0) is 29.4. The minimum absolute atomic E-state index is 0.0627. The van der Waals surface area contributed by atoms with Crippen LogP contribution in [0.1, 0.15) is 24.4 Å². The van der Waals surface area contributed by atoms with Crippen molar-refractivity contribution in [3.63, 3.8) is 0 Å². The van der Waals surface area contributed by atoms with Crippen LogP contribution in [0.2, 0.25) is 5.28 Å². The number of benzene rings is 1. The Morgan fingerprint density at radius 1 is 1.27 bits per heavy atom. The van der Waals surface area contributed by atoms with Crippen LogP contribution in [0, 0.1) is 18.3 Å². The van der Waals surface area contributed by atoms with E-state index in [1.165, 1.54) is 10.9 Å². The standard InChI is InChI=1S/C25H27ClN4O7.CO2/c1-3-25(35)18(12-36-17(23(33)34)10-15-7-5-4-6-8-15)37-22(20(25)32)30-13-27-19-16(9-14(2)11-31)28-24(26)29-21(19)30;2-1-3/h1,4-8,13-14,17-18,20,22,31-32,35H,9-12H2,2H3,(H,33,34);/t14?,17?,18-,20+,22-,25-;/m1./s1. The Balaban J connectivity index is 0.00000141. The molecule has 212 valence electrons. The highest BCUT2D eigenvalue weighted by Crippen LogP contribution is 2.39. The molecular formula is C26H27ClN4O9. The molecule has 1 aliphatic rings. The van der Waals surface area contributed by atoms with Gasteiger partial charge in [-0.3, -0.25) is 4.57 Å². The summed E-state index contributed by atoms with van der Waals surface area (Å²) >= 11 is 6.13. The summed E-state index contributed by atoms with van der Waals surface area (Å²) in [5, 5.41) is 41.1. The molecule has 14 heteroatoms. The molecule has 3 aromatic rings. The average Bonchev–Trinajstić information content (AvgIpc) is 3.46. The predicted octanol–water partition coefficient (Wildman–Crippen LogP) is 0.402. The van der Waals surface area contributed by atoms with E-state index in [0.717, 1.165) is 5.56 Å². The first-order chi connectivity index (χ1) is 19.1. The third kappa shape index (κ3) is 6.70. The van der Waals surface area contributed by atoms with Crippen molar-refractivity contribution in [3.05, 3.63) is 53.2 Å². The van der Waals surface area contributed by atoms with Crippen LogP contribution in [-0.2, 0) is 36.7 Å². The number of aliphatic hydroxyl groups excluding tert-OH is 2. The zero-order valence-electron chi connectivity index (χ0n) is 21.3. The molecule has 0 bridgehead atoms. The van der Waals surface area contributed by atoms with Crippen LogP contribution in [0.15, 0.2) is 36.7 Å². The van der Waals surface area contributed by atoms with Crippen molar-refractivity contribution in [3.8, 4) is 12.3 Å². The van der Waals surface area contributed by atoms with Gasteiger partial charge in [0.05, 0.1) is 18.6 Å². The maximum Gasteiger partial charge on any atom is 0.373 e. The van der Waals surface area contributed by atoms with Crippen molar-refractivity contribution in [1.82, 2.24) is 19.5 Å². The number of rotatable bonds is 10. The molecule has 13 nitrogen and oxygen atoms in total. The summed E-state index contributed by atoms with van der Waals surface area (Å²) in [6.07, 6.45) is 2.28. The molecular weight excluding hydrogens is 548 g/mol.